The maximum absolute atomic E-state index is 9.47. The number of allylic oxidation sites excluding steroid dienone is 1. The van der Waals surface area contributed by atoms with E-state index in [0.29, 0.717) is 3.92 Å². The Morgan fingerprint density at radius 3 is 2.86 bits per heavy atom. The Balaban J connectivity index is 2.23. The van der Waals surface area contributed by atoms with Crippen molar-refractivity contribution in [3.8, 4) is 0 Å². The zero-order valence-corrected chi connectivity index (χ0v) is 10.1. The van der Waals surface area contributed by atoms with Gasteiger partial charge in [-0.3, -0.25) is 0 Å². The van der Waals surface area contributed by atoms with Gasteiger partial charge >= 0.3 is 0 Å². The lowest BCUT2D eigenvalue weighted by molar-refractivity contribution is -0.0114. The lowest BCUT2D eigenvalue weighted by atomic mass is 9.75. The van der Waals surface area contributed by atoms with E-state index in [2.05, 4.69) is 34.7 Å². The van der Waals surface area contributed by atoms with Crippen molar-refractivity contribution in [1.82, 2.24) is 0 Å². The smallest absolute Gasteiger partial charge is 0.0820 e. The van der Waals surface area contributed by atoms with Gasteiger partial charge in [0.2, 0.25) is 0 Å². The molecule has 0 saturated carbocycles. The first-order chi connectivity index (χ1) is 6.72. The maximum atomic E-state index is 9.47. The van der Waals surface area contributed by atoms with Gasteiger partial charge in [0.15, 0.2) is 0 Å². The summed E-state index contributed by atoms with van der Waals surface area (Å²) in [7, 11) is 0. The van der Waals surface area contributed by atoms with Gasteiger partial charge in [-0.1, -0.05) is 34.7 Å². The largest absolute Gasteiger partial charge is 0.395 e. The van der Waals surface area contributed by atoms with Gasteiger partial charge in [-0.25, -0.2) is 0 Å². The second-order valence-corrected chi connectivity index (χ2v) is 5.71. The van der Waals surface area contributed by atoms with E-state index in [1.165, 1.54) is 0 Å². The average Bonchev–Trinajstić information content (AvgIpc) is 2.59. The Morgan fingerprint density at radius 2 is 2.29 bits per heavy atom. The second kappa shape index (κ2) is 4.08. The molecule has 1 saturated heterocycles. The van der Waals surface area contributed by atoms with Crippen LogP contribution in [-0.4, -0.2) is 39.6 Å². The lowest BCUT2D eigenvalue weighted by Crippen LogP contribution is -2.41. The van der Waals surface area contributed by atoms with Gasteiger partial charge in [-0.2, -0.15) is 0 Å². The molecule has 80 valence electrons. The number of hydrogen-bond acceptors (Lipinski definition) is 3. The summed E-state index contributed by atoms with van der Waals surface area (Å²) in [5.74, 6) is 0. The van der Waals surface area contributed by atoms with E-state index in [1.54, 1.807) is 0 Å². The van der Waals surface area contributed by atoms with Crippen LogP contribution in [0, 0.1) is 5.41 Å². The predicted octanol–water partition coefficient (Wildman–Crippen LogP) is 0.878. The summed E-state index contributed by atoms with van der Waals surface area (Å²) < 4.78 is 6.16. The summed E-state index contributed by atoms with van der Waals surface area (Å²) in [6.45, 7) is 0.166. The molecule has 0 spiro atoms. The molecular formula is C10H15IO3. The summed E-state index contributed by atoms with van der Waals surface area (Å²) in [5, 5.41) is 18.5. The molecule has 4 heteroatoms. The summed E-state index contributed by atoms with van der Waals surface area (Å²) in [6.07, 6.45) is 5.88. The predicted molar refractivity (Wildman–Crippen MR) is 61.4 cm³/mol. The molecule has 0 amide bonds. The molecule has 0 bridgehead atoms. The van der Waals surface area contributed by atoms with E-state index in [4.69, 9.17) is 9.84 Å². The van der Waals surface area contributed by atoms with E-state index < -0.39 is 0 Å². The zero-order valence-electron chi connectivity index (χ0n) is 7.90. The van der Waals surface area contributed by atoms with Crippen molar-refractivity contribution in [1.29, 1.82) is 0 Å². The van der Waals surface area contributed by atoms with Crippen molar-refractivity contribution >= 4 is 22.6 Å². The molecule has 1 fully saturated rings. The molecule has 1 aliphatic heterocycles. The van der Waals surface area contributed by atoms with Crippen molar-refractivity contribution < 1.29 is 14.9 Å². The van der Waals surface area contributed by atoms with Crippen molar-refractivity contribution in [3.63, 3.8) is 0 Å². The van der Waals surface area contributed by atoms with Crippen LogP contribution >= 0.6 is 22.6 Å². The number of ether oxygens (including phenoxy) is 1. The van der Waals surface area contributed by atoms with Crippen LogP contribution in [0.5, 0.6) is 0 Å². The highest BCUT2D eigenvalue weighted by Crippen LogP contribution is 2.46. The first-order valence-electron chi connectivity index (χ1n) is 4.91. The van der Waals surface area contributed by atoms with Crippen LogP contribution in [0.4, 0.5) is 0 Å². The molecule has 1 heterocycles. The van der Waals surface area contributed by atoms with E-state index >= 15 is 0 Å². The summed E-state index contributed by atoms with van der Waals surface area (Å²) in [5.41, 5.74) is -0.239. The molecule has 3 nitrogen and oxygen atoms in total. The molecule has 0 aromatic carbocycles. The van der Waals surface area contributed by atoms with Gasteiger partial charge in [0, 0.05) is 9.34 Å². The van der Waals surface area contributed by atoms with Crippen molar-refractivity contribution in [2.24, 2.45) is 5.41 Å². The Hall–Kier alpha value is 0.350. The highest BCUT2D eigenvalue weighted by molar-refractivity contribution is 14.1. The summed E-state index contributed by atoms with van der Waals surface area (Å²) in [6, 6.07) is 0. The van der Waals surface area contributed by atoms with E-state index in [9.17, 15) is 5.11 Å². The third-order valence-electron chi connectivity index (χ3n) is 3.15. The van der Waals surface area contributed by atoms with Crippen LogP contribution in [0.2, 0.25) is 0 Å². The third-order valence-corrected chi connectivity index (χ3v) is 4.31. The van der Waals surface area contributed by atoms with Crippen LogP contribution in [0.1, 0.15) is 12.8 Å². The maximum Gasteiger partial charge on any atom is 0.0820 e. The van der Waals surface area contributed by atoms with E-state index in [-0.39, 0.29) is 30.8 Å². The van der Waals surface area contributed by atoms with Gasteiger partial charge in [-0.15, -0.1) is 0 Å². The third kappa shape index (κ3) is 1.62. The highest BCUT2D eigenvalue weighted by Gasteiger charge is 2.50. The number of fused-ring (bicyclic) bond motifs is 1. The van der Waals surface area contributed by atoms with Gasteiger partial charge < -0.3 is 14.9 Å². The molecule has 0 unspecified atom stereocenters. The Morgan fingerprint density at radius 1 is 1.50 bits per heavy atom. The molecule has 14 heavy (non-hydrogen) atoms. The van der Waals surface area contributed by atoms with E-state index in [1.807, 2.05) is 0 Å². The van der Waals surface area contributed by atoms with Crippen molar-refractivity contribution in [3.05, 3.63) is 12.2 Å². The number of alkyl halides is 1. The lowest BCUT2D eigenvalue weighted by Gasteiger charge is -2.35. The fourth-order valence-electron chi connectivity index (χ4n) is 2.41. The Kier molecular flexibility index (Phi) is 3.16. The van der Waals surface area contributed by atoms with Crippen LogP contribution in [0.3, 0.4) is 0 Å². The average molecular weight is 310 g/mol. The molecule has 4 atom stereocenters. The minimum absolute atomic E-state index is 0.0510. The molecule has 1 aliphatic carbocycles. The van der Waals surface area contributed by atoms with Crippen LogP contribution in [-0.2, 0) is 4.74 Å². The zero-order chi connectivity index (χ0) is 10.2. The molecule has 2 rings (SSSR count). The number of halogens is 1. The number of aliphatic hydroxyl groups excluding tert-OH is 2. The fraction of sp³-hybridized carbons (Fsp3) is 0.800. The van der Waals surface area contributed by atoms with Gasteiger partial charge in [0.25, 0.3) is 0 Å². The standard InChI is InChI=1S/C10H15IO3/c11-8-2-1-3-10(6-13)4-7(5-12)14-9(8)10/h1,3,7-9,12-13H,2,4-6H2/t7-,8-,9+,10+/m1/s1. The fourth-order valence-corrected chi connectivity index (χ4v) is 3.59. The van der Waals surface area contributed by atoms with Crippen LogP contribution in [0.25, 0.3) is 0 Å². The monoisotopic (exact) mass is 310 g/mol. The molecule has 0 aromatic heterocycles. The summed E-state index contributed by atoms with van der Waals surface area (Å²) in [4.78, 5) is 0. The first kappa shape index (κ1) is 10.9. The first-order valence-corrected chi connectivity index (χ1v) is 6.15. The minimum atomic E-state index is -0.239. The van der Waals surface area contributed by atoms with Crippen LogP contribution < -0.4 is 0 Å². The Labute approximate surface area is 97.3 Å². The Bertz CT molecular complexity index is 244. The van der Waals surface area contributed by atoms with Crippen molar-refractivity contribution in [2.75, 3.05) is 13.2 Å². The number of aliphatic hydroxyl groups is 2. The van der Waals surface area contributed by atoms with Gasteiger partial charge in [0.1, 0.15) is 0 Å². The summed E-state index contributed by atoms with van der Waals surface area (Å²) >= 11 is 2.36. The van der Waals surface area contributed by atoms with Gasteiger partial charge in [-0.05, 0) is 12.8 Å². The van der Waals surface area contributed by atoms with Crippen molar-refractivity contribution in [2.45, 2.75) is 29.0 Å². The molecule has 0 radical (unpaired) electrons. The second-order valence-electron chi connectivity index (χ2n) is 4.11. The molecule has 0 aromatic rings. The minimum Gasteiger partial charge on any atom is -0.395 e. The topological polar surface area (TPSA) is 49.7 Å². The van der Waals surface area contributed by atoms with Gasteiger partial charge in [0.05, 0.1) is 25.4 Å². The SMILES string of the molecule is OC[C@H]1C[C@]2(CO)C=CC[C@@H](I)[C@@H]2O1. The number of hydrogen-bond donors (Lipinski definition) is 2. The molecule has 2 aliphatic rings. The number of rotatable bonds is 2. The molecular weight excluding hydrogens is 295 g/mol. The normalized spacial score (nSPS) is 46.6. The van der Waals surface area contributed by atoms with Crippen LogP contribution in [0.15, 0.2) is 12.2 Å². The van der Waals surface area contributed by atoms with E-state index in [0.717, 1.165) is 12.8 Å². The quantitative estimate of drug-likeness (QED) is 0.452. The molecule has 2 N–H and O–H groups in total. The highest BCUT2D eigenvalue weighted by atomic mass is 127.